The molecule has 4 N–H and O–H groups in total. The van der Waals surface area contributed by atoms with Crippen molar-refractivity contribution in [2.45, 2.75) is 12.5 Å². The zero-order chi connectivity index (χ0) is 13.5. The van der Waals surface area contributed by atoms with Gasteiger partial charge in [-0.05, 0) is 0 Å². The van der Waals surface area contributed by atoms with Gasteiger partial charge in [0.05, 0.1) is 32.2 Å². The zero-order valence-corrected chi connectivity index (χ0v) is 9.92. The largest absolute Gasteiger partial charge is 0.481 e. The minimum atomic E-state index is -0.967. The SMILES string of the molecule is NCC(=O)NCC(=O)N1CCOC(CC(=O)O)C1. The quantitative estimate of drug-likeness (QED) is 0.513. The van der Waals surface area contributed by atoms with Gasteiger partial charge in [-0.2, -0.15) is 0 Å². The molecule has 1 rings (SSSR count). The van der Waals surface area contributed by atoms with Gasteiger partial charge in [0.2, 0.25) is 11.8 Å². The summed E-state index contributed by atoms with van der Waals surface area (Å²) in [6.45, 7) is 0.624. The average Bonchev–Trinajstić information content (AvgIpc) is 2.35. The molecule has 0 spiro atoms. The second kappa shape index (κ2) is 6.92. The minimum absolute atomic E-state index is 0.129. The smallest absolute Gasteiger partial charge is 0.306 e. The van der Waals surface area contributed by atoms with E-state index < -0.39 is 18.0 Å². The van der Waals surface area contributed by atoms with Crippen LogP contribution in [0.5, 0.6) is 0 Å². The fourth-order valence-electron chi connectivity index (χ4n) is 1.62. The number of ether oxygens (including phenoxy) is 1. The van der Waals surface area contributed by atoms with Crippen molar-refractivity contribution in [1.82, 2.24) is 10.2 Å². The molecule has 2 amide bonds. The number of carboxylic acids is 1. The van der Waals surface area contributed by atoms with E-state index in [9.17, 15) is 14.4 Å². The molecule has 0 aromatic carbocycles. The van der Waals surface area contributed by atoms with Crippen molar-refractivity contribution >= 4 is 17.8 Å². The molecule has 1 atom stereocenters. The second-order valence-corrected chi connectivity index (χ2v) is 3.91. The number of nitrogens with two attached hydrogens (primary N) is 1. The van der Waals surface area contributed by atoms with Crippen molar-refractivity contribution in [3.8, 4) is 0 Å². The molecule has 1 unspecified atom stereocenters. The number of hydrogen-bond donors (Lipinski definition) is 3. The molecule has 1 saturated heterocycles. The highest BCUT2D eigenvalue weighted by molar-refractivity contribution is 5.85. The highest BCUT2D eigenvalue weighted by Gasteiger charge is 2.25. The van der Waals surface area contributed by atoms with E-state index in [2.05, 4.69) is 5.32 Å². The standard InChI is InChI=1S/C10H17N3O5/c11-4-8(14)12-5-9(15)13-1-2-18-7(6-13)3-10(16)17/h7H,1-6,11H2,(H,12,14)(H,16,17). The third kappa shape index (κ3) is 4.68. The number of aliphatic carboxylic acids is 1. The van der Waals surface area contributed by atoms with Gasteiger partial charge in [-0.1, -0.05) is 0 Å². The summed E-state index contributed by atoms with van der Waals surface area (Å²) in [6.07, 6.45) is -0.635. The lowest BCUT2D eigenvalue weighted by molar-refractivity contribution is -0.147. The number of amides is 2. The normalized spacial score (nSPS) is 19.4. The molecular formula is C10H17N3O5. The summed E-state index contributed by atoms with van der Waals surface area (Å²) in [4.78, 5) is 34.6. The Morgan fingerprint density at radius 1 is 1.44 bits per heavy atom. The summed E-state index contributed by atoms with van der Waals surface area (Å²) in [5.41, 5.74) is 5.09. The number of hydrogen-bond acceptors (Lipinski definition) is 5. The molecule has 0 radical (unpaired) electrons. The van der Waals surface area contributed by atoms with Crippen molar-refractivity contribution in [1.29, 1.82) is 0 Å². The third-order valence-electron chi connectivity index (χ3n) is 2.52. The molecular weight excluding hydrogens is 242 g/mol. The van der Waals surface area contributed by atoms with Crippen LogP contribution in [0.1, 0.15) is 6.42 Å². The van der Waals surface area contributed by atoms with Crippen LogP contribution in [0.25, 0.3) is 0 Å². The van der Waals surface area contributed by atoms with Crippen molar-refractivity contribution in [3.05, 3.63) is 0 Å². The van der Waals surface area contributed by atoms with Gasteiger partial charge in [0.15, 0.2) is 0 Å². The van der Waals surface area contributed by atoms with E-state index in [-0.39, 0.29) is 32.0 Å². The second-order valence-electron chi connectivity index (χ2n) is 3.91. The summed E-state index contributed by atoms with van der Waals surface area (Å²) in [5, 5.41) is 11.0. The van der Waals surface area contributed by atoms with Crippen molar-refractivity contribution in [2.75, 3.05) is 32.8 Å². The predicted molar refractivity (Wildman–Crippen MR) is 60.6 cm³/mol. The van der Waals surface area contributed by atoms with Crippen molar-refractivity contribution < 1.29 is 24.2 Å². The Hall–Kier alpha value is -1.67. The van der Waals surface area contributed by atoms with Crippen LogP contribution in [0.15, 0.2) is 0 Å². The summed E-state index contributed by atoms with van der Waals surface area (Å²) in [5.74, 6) is -1.64. The predicted octanol–water partition coefficient (Wildman–Crippen LogP) is -2.24. The van der Waals surface area contributed by atoms with Crippen molar-refractivity contribution in [3.63, 3.8) is 0 Å². The van der Waals surface area contributed by atoms with Crippen LogP contribution in [0, 0.1) is 0 Å². The first-order valence-electron chi connectivity index (χ1n) is 5.61. The molecule has 1 fully saturated rings. The lowest BCUT2D eigenvalue weighted by Crippen LogP contribution is -2.49. The lowest BCUT2D eigenvalue weighted by Gasteiger charge is -2.32. The van der Waals surface area contributed by atoms with E-state index in [0.29, 0.717) is 13.2 Å². The third-order valence-corrected chi connectivity index (χ3v) is 2.52. The molecule has 0 aliphatic carbocycles. The summed E-state index contributed by atoms with van der Waals surface area (Å²) >= 11 is 0. The van der Waals surface area contributed by atoms with Gasteiger partial charge in [-0.25, -0.2) is 0 Å². The molecule has 8 heteroatoms. The summed E-state index contributed by atoms with van der Waals surface area (Å²) in [7, 11) is 0. The maximum atomic E-state index is 11.7. The molecule has 0 aromatic heterocycles. The number of morpholine rings is 1. The average molecular weight is 259 g/mol. The highest BCUT2D eigenvalue weighted by Crippen LogP contribution is 2.08. The van der Waals surface area contributed by atoms with Gasteiger partial charge in [0.1, 0.15) is 0 Å². The summed E-state index contributed by atoms with van der Waals surface area (Å²) in [6, 6.07) is 0. The van der Waals surface area contributed by atoms with E-state index in [4.69, 9.17) is 15.6 Å². The first-order valence-corrected chi connectivity index (χ1v) is 5.61. The zero-order valence-electron chi connectivity index (χ0n) is 9.92. The van der Waals surface area contributed by atoms with Gasteiger partial charge in [-0.15, -0.1) is 0 Å². The Morgan fingerprint density at radius 2 is 2.17 bits per heavy atom. The molecule has 102 valence electrons. The van der Waals surface area contributed by atoms with Crippen LogP contribution in [-0.4, -0.2) is 66.7 Å². The topological polar surface area (TPSA) is 122 Å². The molecule has 0 aromatic rings. The van der Waals surface area contributed by atoms with E-state index in [1.807, 2.05) is 0 Å². The fraction of sp³-hybridized carbons (Fsp3) is 0.700. The fourth-order valence-corrected chi connectivity index (χ4v) is 1.62. The molecule has 18 heavy (non-hydrogen) atoms. The monoisotopic (exact) mass is 259 g/mol. The summed E-state index contributed by atoms with van der Waals surface area (Å²) < 4.78 is 5.23. The van der Waals surface area contributed by atoms with Gasteiger partial charge in [0, 0.05) is 13.1 Å². The van der Waals surface area contributed by atoms with Crippen LogP contribution in [0.2, 0.25) is 0 Å². The van der Waals surface area contributed by atoms with Crippen LogP contribution in [-0.2, 0) is 19.1 Å². The first kappa shape index (κ1) is 14.4. The Labute approximate surface area is 104 Å². The number of carbonyl (C=O) groups excluding carboxylic acids is 2. The van der Waals surface area contributed by atoms with Gasteiger partial charge < -0.3 is 25.8 Å². The molecule has 8 nitrogen and oxygen atoms in total. The van der Waals surface area contributed by atoms with E-state index in [1.54, 1.807) is 0 Å². The molecule has 1 aliphatic heterocycles. The van der Waals surface area contributed by atoms with Crippen LogP contribution < -0.4 is 11.1 Å². The maximum absolute atomic E-state index is 11.7. The number of nitrogens with zero attached hydrogens (tertiary/aromatic N) is 1. The maximum Gasteiger partial charge on any atom is 0.306 e. The molecule has 1 aliphatic rings. The number of rotatable bonds is 5. The number of carboxylic acid groups (broad SMARTS) is 1. The van der Waals surface area contributed by atoms with Crippen LogP contribution in [0.4, 0.5) is 0 Å². The van der Waals surface area contributed by atoms with Gasteiger partial charge in [0.25, 0.3) is 0 Å². The first-order chi connectivity index (χ1) is 8.52. The Morgan fingerprint density at radius 3 is 2.78 bits per heavy atom. The molecule has 0 bridgehead atoms. The van der Waals surface area contributed by atoms with E-state index >= 15 is 0 Å². The Bertz CT molecular complexity index is 333. The molecule has 0 saturated carbocycles. The minimum Gasteiger partial charge on any atom is -0.481 e. The van der Waals surface area contributed by atoms with E-state index in [0.717, 1.165) is 0 Å². The number of carbonyl (C=O) groups is 3. The van der Waals surface area contributed by atoms with E-state index in [1.165, 1.54) is 4.90 Å². The van der Waals surface area contributed by atoms with Gasteiger partial charge >= 0.3 is 5.97 Å². The van der Waals surface area contributed by atoms with Crippen LogP contribution in [0.3, 0.4) is 0 Å². The van der Waals surface area contributed by atoms with Crippen molar-refractivity contribution in [2.24, 2.45) is 5.73 Å². The molecule has 1 heterocycles. The highest BCUT2D eigenvalue weighted by atomic mass is 16.5. The lowest BCUT2D eigenvalue weighted by atomic mass is 10.2. The Balaban J connectivity index is 2.38. The van der Waals surface area contributed by atoms with Gasteiger partial charge in [-0.3, -0.25) is 14.4 Å². The number of nitrogens with one attached hydrogen (secondary N) is 1. The van der Waals surface area contributed by atoms with Crippen LogP contribution >= 0.6 is 0 Å². The Kier molecular flexibility index (Phi) is 5.53.